The molecular weight excluding hydrogens is 1040 g/mol. The molecular formula is C51B33N3S. The molecule has 0 saturated carbocycles. The van der Waals surface area contributed by atoms with Crippen LogP contribution in [0.5, 0.6) is 0 Å². The molecule has 0 amide bonds. The minimum Gasteiger partial charge on any atom is -0.208 e. The van der Waals surface area contributed by atoms with Gasteiger partial charge in [0.05, 0.1) is 0 Å². The lowest BCUT2D eigenvalue weighted by atomic mass is 9.56. The van der Waals surface area contributed by atoms with E-state index in [0.717, 1.165) is 11.3 Å². The van der Waals surface area contributed by atoms with Crippen LogP contribution < -0.4 is 180 Å². The zero-order valence-electron chi connectivity index (χ0n) is 46.3. The second-order valence-corrected chi connectivity index (χ2v) is 21.6. The summed E-state index contributed by atoms with van der Waals surface area (Å²) in [6.07, 6.45) is 0. The molecule has 0 aliphatic heterocycles. The molecule has 88 heavy (non-hydrogen) atoms. The summed E-state index contributed by atoms with van der Waals surface area (Å²) >= 11 is 0.964. The van der Waals surface area contributed by atoms with Crippen molar-refractivity contribution in [3.8, 4) is 78.7 Å². The van der Waals surface area contributed by atoms with Gasteiger partial charge in [-0.05, 0) is 55.3 Å². The summed E-state index contributed by atoms with van der Waals surface area (Å²) in [6.45, 7) is 0. The largest absolute Gasteiger partial charge is 0.208 e. The molecule has 66 radical (unpaired) electrons. The van der Waals surface area contributed by atoms with E-state index in [1.54, 1.807) is 0 Å². The van der Waals surface area contributed by atoms with Gasteiger partial charge in [-0.1, -0.05) is 104 Å². The molecule has 37 heteroatoms. The lowest BCUT2D eigenvalue weighted by Crippen LogP contribution is -2.57. The van der Waals surface area contributed by atoms with Gasteiger partial charge in [-0.2, -0.15) is 0 Å². The Kier molecular flexibility index (Phi) is 17.5. The van der Waals surface area contributed by atoms with Gasteiger partial charge in [0.2, 0.25) is 0 Å². The fourth-order valence-corrected chi connectivity index (χ4v) is 12.4. The lowest BCUT2D eigenvalue weighted by molar-refractivity contribution is 1.08. The fourth-order valence-electron chi connectivity index (χ4n) is 11.0. The van der Waals surface area contributed by atoms with Crippen molar-refractivity contribution in [2.24, 2.45) is 0 Å². The number of fused-ring (bicyclic) bond motifs is 3. The van der Waals surface area contributed by atoms with Crippen LogP contribution in [0.4, 0.5) is 0 Å². The number of benzene rings is 8. The second kappa shape index (κ2) is 23.4. The van der Waals surface area contributed by atoms with E-state index in [1.165, 1.54) is 0 Å². The van der Waals surface area contributed by atoms with E-state index in [0.29, 0.717) is 0 Å². The molecule has 10 rings (SSSR count). The van der Waals surface area contributed by atoms with Crippen LogP contribution in [-0.4, -0.2) is 274 Å². The predicted octanol–water partition coefficient (Wildman–Crippen LogP) is -25.9. The highest BCUT2D eigenvalue weighted by Gasteiger charge is 2.31. The number of rotatable bonds is 7. The van der Waals surface area contributed by atoms with Gasteiger partial charge in [-0.15, -0.1) is 87.8 Å². The minimum absolute atomic E-state index is 0.0215. The molecule has 0 aliphatic rings. The first kappa shape index (κ1) is 66.1. The van der Waals surface area contributed by atoms with Crippen molar-refractivity contribution < 1.29 is 0 Å². The molecule has 10 aromatic rings. The van der Waals surface area contributed by atoms with Crippen LogP contribution in [0.25, 0.3) is 98.8 Å². The van der Waals surface area contributed by atoms with Crippen LogP contribution in [0.15, 0.2) is 0 Å². The van der Waals surface area contributed by atoms with Crippen molar-refractivity contribution in [2.45, 2.75) is 0 Å². The van der Waals surface area contributed by atoms with Crippen molar-refractivity contribution in [1.82, 2.24) is 15.0 Å². The summed E-state index contributed by atoms with van der Waals surface area (Å²) in [5.41, 5.74) is -7.65. The Morgan fingerprint density at radius 1 is 0.136 bits per heavy atom. The van der Waals surface area contributed by atoms with E-state index in [1.807, 2.05) is 0 Å². The third kappa shape index (κ3) is 9.42. The van der Waals surface area contributed by atoms with Crippen LogP contribution in [0.3, 0.4) is 0 Å². The standard InChI is InChI=1S/C51B33N3S/c52-14-1(2-19(57)35(73)43(81)36(74)20(2)58)15(53)9-10-27(65)34(72)26(64)8(48(10)88-47(9)7(14)6-24(62)39(77)45(83)40(78)25(6)63)5-16(54)11(30(68)33(71)23(5)61)49-85-50(87-51(86-49)13-31(69)41(79)46(84)42(80)32(13)70)12-28(66)17(55)3(18(56)29(12)67)4-21(59)37(75)44(82)38(76)22(4)60. The lowest BCUT2D eigenvalue weighted by Gasteiger charge is -2.29. The molecule has 2 aromatic heterocycles. The SMILES string of the molecule is [B]c1c([B])c([B])c(-c2nc(-c3c([B])c([B])c(-c4c([B])c([B])c([B])c([B])c4[B])c([B])c3[B])nc(-c3c([B])c([B])c([B])c(-c4c([B])c([B])c([B])c5c4sc4c(-c6c([B])c([B])c([B])c([B])c6[B])c([B])c(-c6c([B])c([B])c([B])c([B])c6[B])c([B])c45)c3[B])n2)c([B])c1[B]. The Hall–Kier alpha value is -4.87. The van der Waals surface area contributed by atoms with Gasteiger partial charge in [0.1, 0.15) is 259 Å². The van der Waals surface area contributed by atoms with Crippen LogP contribution in [0.1, 0.15) is 0 Å². The first-order valence-electron chi connectivity index (χ1n) is 25.3. The first-order valence-corrected chi connectivity index (χ1v) is 26.1. The van der Waals surface area contributed by atoms with E-state index in [2.05, 4.69) is 0 Å². The number of hydrogen-bond donors (Lipinski definition) is 0. The van der Waals surface area contributed by atoms with E-state index >= 15 is 0 Å². The van der Waals surface area contributed by atoms with Crippen LogP contribution in [0.2, 0.25) is 0 Å². The Morgan fingerprint density at radius 2 is 0.284 bits per heavy atom. The van der Waals surface area contributed by atoms with E-state index in [4.69, 9.17) is 274 Å². The maximum Gasteiger partial charge on any atom is 0.162 e. The third-order valence-corrected chi connectivity index (χ3v) is 17.2. The molecule has 0 bridgehead atoms. The molecule has 3 nitrogen and oxygen atoms in total. The molecule has 0 atom stereocenters. The minimum atomic E-state index is -0.413. The second-order valence-electron chi connectivity index (χ2n) is 20.6. The highest BCUT2D eigenvalue weighted by atomic mass is 32.1. The Morgan fingerprint density at radius 3 is 0.591 bits per heavy atom. The van der Waals surface area contributed by atoms with Crippen molar-refractivity contribution in [3.63, 3.8) is 0 Å². The summed E-state index contributed by atoms with van der Waals surface area (Å²) in [5, 5.41) is 0.217. The molecule has 2 heterocycles. The molecule has 0 fully saturated rings. The van der Waals surface area contributed by atoms with Crippen molar-refractivity contribution in [3.05, 3.63) is 0 Å². The average molecular weight is 1040 g/mol. The zero-order chi connectivity index (χ0) is 65.3. The highest BCUT2D eigenvalue weighted by molar-refractivity contribution is 7.27. The number of aromatic nitrogens is 3. The van der Waals surface area contributed by atoms with Crippen molar-refractivity contribution >= 4 is 471 Å². The summed E-state index contributed by atoms with van der Waals surface area (Å²) in [7, 11) is 221. The smallest absolute Gasteiger partial charge is 0.162 e. The maximum atomic E-state index is 7.39. The average Bonchev–Trinajstić information content (AvgIpc) is 1.47. The molecule has 0 saturated heterocycles. The molecule has 8 aromatic carbocycles. The fraction of sp³-hybridized carbons (Fsp3) is 0. The monoisotopic (exact) mass is 1050 g/mol. The van der Waals surface area contributed by atoms with Gasteiger partial charge in [-0.25, -0.2) is 15.0 Å². The van der Waals surface area contributed by atoms with Crippen molar-refractivity contribution in [2.75, 3.05) is 0 Å². The molecule has 0 N–H and O–H groups in total. The van der Waals surface area contributed by atoms with Gasteiger partial charge in [0.15, 0.2) is 17.5 Å². The van der Waals surface area contributed by atoms with Gasteiger partial charge < -0.3 is 0 Å². The van der Waals surface area contributed by atoms with Gasteiger partial charge in [0.25, 0.3) is 0 Å². The molecule has 0 unspecified atom stereocenters. The number of nitrogens with zero attached hydrogens (tertiary/aromatic N) is 3. The van der Waals surface area contributed by atoms with Crippen LogP contribution in [0, 0.1) is 0 Å². The van der Waals surface area contributed by atoms with Gasteiger partial charge >= 0.3 is 0 Å². The number of hydrogen-bond acceptors (Lipinski definition) is 4. The Bertz CT molecular complexity index is 4760. The van der Waals surface area contributed by atoms with Gasteiger partial charge in [0, 0.05) is 26.1 Å². The number of thiophene rings is 1. The van der Waals surface area contributed by atoms with Crippen molar-refractivity contribution in [1.29, 1.82) is 0 Å². The zero-order valence-corrected chi connectivity index (χ0v) is 47.1. The van der Waals surface area contributed by atoms with E-state index < -0.39 is 11.6 Å². The highest BCUT2D eigenvalue weighted by Crippen LogP contribution is 2.41. The van der Waals surface area contributed by atoms with E-state index in [9.17, 15) is 0 Å². The topological polar surface area (TPSA) is 38.7 Å². The Labute approximate surface area is 560 Å². The quantitative estimate of drug-likeness (QED) is 0.149. The normalized spacial score (nSPS) is 11.5. The van der Waals surface area contributed by atoms with Crippen LogP contribution >= 0.6 is 11.3 Å². The predicted molar refractivity (Wildman–Crippen MR) is 409 cm³/mol. The molecule has 0 spiro atoms. The van der Waals surface area contributed by atoms with Gasteiger partial charge in [-0.3, -0.25) is 0 Å². The summed E-state index contributed by atoms with van der Waals surface area (Å²) in [4.78, 5) is 14.4. The molecule has 0 aliphatic carbocycles. The Balaban J connectivity index is 1.37. The summed E-state index contributed by atoms with van der Waals surface area (Å²) in [5.74, 6) is -1.18. The maximum absolute atomic E-state index is 7.39. The summed E-state index contributed by atoms with van der Waals surface area (Å²) < 4.78 is 0.353. The molecule has 324 valence electrons. The third-order valence-electron chi connectivity index (χ3n) is 16.0. The van der Waals surface area contributed by atoms with Crippen LogP contribution in [-0.2, 0) is 0 Å². The first-order chi connectivity index (χ1) is 41.0. The van der Waals surface area contributed by atoms with E-state index in [-0.39, 0.29) is 267 Å². The summed E-state index contributed by atoms with van der Waals surface area (Å²) in [6, 6.07) is 0.